The highest BCUT2D eigenvalue weighted by atomic mass is 16.5. The molecule has 1 heterocycles. The first-order valence-electron chi connectivity index (χ1n) is 10.4. The Bertz CT molecular complexity index is 700. The van der Waals surface area contributed by atoms with E-state index >= 15 is 0 Å². The lowest BCUT2D eigenvalue weighted by atomic mass is 9.99. The maximum atomic E-state index is 12.4. The number of esters is 1. The van der Waals surface area contributed by atoms with Crippen LogP contribution in [0.2, 0.25) is 0 Å². The van der Waals surface area contributed by atoms with E-state index in [1.807, 2.05) is 36.4 Å². The number of rotatable bonds is 14. The Hall–Kier alpha value is -2.50. The average molecular weight is 385 g/mol. The number of ether oxygens (including phenoxy) is 1. The molecule has 0 saturated heterocycles. The maximum absolute atomic E-state index is 12.4. The molecule has 1 aromatic carbocycles. The third-order valence-corrected chi connectivity index (χ3v) is 4.65. The Morgan fingerprint density at radius 2 is 1.79 bits per heavy atom. The fourth-order valence-corrected chi connectivity index (χ4v) is 3.15. The van der Waals surface area contributed by atoms with Crippen LogP contribution in [0, 0.1) is 0 Å². The van der Waals surface area contributed by atoms with Gasteiger partial charge in [-0.3, -0.25) is 4.79 Å². The lowest BCUT2D eigenvalue weighted by Crippen LogP contribution is -2.19. The van der Waals surface area contributed by atoms with Crippen LogP contribution in [0.4, 0.5) is 0 Å². The van der Waals surface area contributed by atoms with Crippen molar-refractivity contribution in [1.82, 2.24) is 20.2 Å². The average Bonchev–Trinajstić information content (AvgIpc) is 3.16. The van der Waals surface area contributed by atoms with E-state index in [1.54, 1.807) is 11.7 Å². The minimum Gasteiger partial charge on any atom is -0.465 e. The van der Waals surface area contributed by atoms with Crippen LogP contribution < -0.4 is 0 Å². The van der Waals surface area contributed by atoms with Crippen LogP contribution >= 0.6 is 0 Å². The van der Waals surface area contributed by atoms with Crippen LogP contribution in [0.15, 0.2) is 43.0 Å². The zero-order valence-electron chi connectivity index (χ0n) is 16.9. The highest BCUT2D eigenvalue weighted by molar-refractivity contribution is 5.81. The number of carbonyl (C=O) groups excluding carboxylic acids is 1. The van der Waals surface area contributed by atoms with Gasteiger partial charge in [-0.2, -0.15) is 4.80 Å². The number of tetrazole rings is 1. The topological polar surface area (TPSA) is 69.9 Å². The molecule has 152 valence electrons. The minimum atomic E-state index is -0.634. The predicted octanol–water partition coefficient (Wildman–Crippen LogP) is 4.67. The molecule has 2 aromatic rings. The van der Waals surface area contributed by atoms with Gasteiger partial charge in [-0.25, -0.2) is 0 Å². The van der Waals surface area contributed by atoms with E-state index in [0.717, 1.165) is 24.8 Å². The Labute approximate surface area is 168 Å². The summed E-state index contributed by atoms with van der Waals surface area (Å²) in [4.78, 5) is 14.0. The van der Waals surface area contributed by atoms with Crippen LogP contribution in [-0.2, 0) is 16.1 Å². The molecule has 0 aliphatic rings. The van der Waals surface area contributed by atoms with Crippen molar-refractivity contribution in [2.24, 2.45) is 0 Å². The molecule has 0 N–H and O–H groups in total. The van der Waals surface area contributed by atoms with E-state index in [2.05, 4.69) is 22.0 Å². The molecule has 1 unspecified atom stereocenters. The number of unbranched alkanes of at least 4 members (excludes halogenated alkanes) is 7. The molecule has 1 atom stereocenters. The lowest BCUT2D eigenvalue weighted by molar-refractivity contribution is -0.144. The van der Waals surface area contributed by atoms with Gasteiger partial charge >= 0.3 is 5.97 Å². The quantitative estimate of drug-likeness (QED) is 0.269. The van der Waals surface area contributed by atoms with Crippen LogP contribution in [0.1, 0.15) is 75.6 Å². The van der Waals surface area contributed by atoms with Gasteiger partial charge in [0.15, 0.2) is 5.82 Å². The lowest BCUT2D eigenvalue weighted by Gasteiger charge is -2.12. The van der Waals surface area contributed by atoms with Crippen molar-refractivity contribution >= 4 is 5.97 Å². The van der Waals surface area contributed by atoms with Crippen molar-refractivity contribution < 1.29 is 9.53 Å². The summed E-state index contributed by atoms with van der Waals surface area (Å²) in [6.07, 6.45) is 11.6. The summed E-state index contributed by atoms with van der Waals surface area (Å²) in [5.74, 6) is -0.581. The van der Waals surface area contributed by atoms with Crippen LogP contribution in [0.5, 0.6) is 0 Å². The molecule has 0 fully saturated rings. The molecule has 0 amide bonds. The Kier molecular flexibility index (Phi) is 9.97. The van der Waals surface area contributed by atoms with Gasteiger partial charge in [-0.15, -0.1) is 16.8 Å². The number of benzene rings is 1. The standard InChI is InChI=1S/C22H32N4O2/c1-3-5-6-7-8-9-10-11-15-18-26-24-21(23-25-26)20(22(27)28-4-2)19-16-13-12-14-17-19/h3,12-14,16-17,20H,1,4-11,15,18H2,2H3. The second-order valence-corrected chi connectivity index (χ2v) is 6.89. The molecule has 0 aliphatic carbocycles. The van der Waals surface area contributed by atoms with Crippen molar-refractivity contribution in [3.05, 3.63) is 54.4 Å². The summed E-state index contributed by atoms with van der Waals surface area (Å²) in [5.41, 5.74) is 0.817. The number of nitrogens with zero attached hydrogens (tertiary/aromatic N) is 4. The molecular weight excluding hydrogens is 352 g/mol. The predicted molar refractivity (Wildman–Crippen MR) is 110 cm³/mol. The largest absolute Gasteiger partial charge is 0.465 e. The number of allylic oxidation sites excluding steroid dienone is 1. The molecule has 6 heteroatoms. The second-order valence-electron chi connectivity index (χ2n) is 6.89. The SMILES string of the molecule is C=CCCCCCCCCCn1nnc(C(C(=O)OCC)c2ccccc2)n1. The van der Waals surface area contributed by atoms with Crippen molar-refractivity contribution in [3.8, 4) is 0 Å². The highest BCUT2D eigenvalue weighted by Crippen LogP contribution is 2.22. The summed E-state index contributed by atoms with van der Waals surface area (Å²) in [7, 11) is 0. The molecule has 0 bridgehead atoms. The Morgan fingerprint density at radius 1 is 1.11 bits per heavy atom. The zero-order valence-corrected chi connectivity index (χ0v) is 16.9. The summed E-state index contributed by atoms with van der Waals surface area (Å²) >= 11 is 0. The van der Waals surface area contributed by atoms with Gasteiger partial charge in [0, 0.05) is 0 Å². The van der Waals surface area contributed by atoms with Gasteiger partial charge in [-0.05, 0) is 37.0 Å². The van der Waals surface area contributed by atoms with E-state index in [4.69, 9.17) is 4.74 Å². The Balaban J connectivity index is 1.82. The second kappa shape index (κ2) is 12.8. The van der Waals surface area contributed by atoms with Gasteiger partial charge < -0.3 is 4.74 Å². The van der Waals surface area contributed by atoms with Gasteiger partial charge in [0.05, 0.1) is 13.2 Å². The molecule has 0 saturated carbocycles. The zero-order chi connectivity index (χ0) is 20.0. The molecule has 2 rings (SSSR count). The van der Waals surface area contributed by atoms with Crippen LogP contribution in [0.3, 0.4) is 0 Å². The minimum absolute atomic E-state index is 0.323. The van der Waals surface area contributed by atoms with Gasteiger partial charge in [0.25, 0.3) is 0 Å². The molecule has 0 spiro atoms. The molecule has 0 radical (unpaired) electrons. The van der Waals surface area contributed by atoms with E-state index in [0.29, 0.717) is 19.0 Å². The number of hydrogen-bond acceptors (Lipinski definition) is 5. The molecular formula is C22H32N4O2. The van der Waals surface area contributed by atoms with Crippen LogP contribution in [0.25, 0.3) is 0 Å². The summed E-state index contributed by atoms with van der Waals surface area (Å²) in [6, 6.07) is 9.47. The molecule has 1 aromatic heterocycles. The number of aromatic nitrogens is 4. The summed E-state index contributed by atoms with van der Waals surface area (Å²) in [6.45, 7) is 6.59. The first-order chi connectivity index (χ1) is 13.8. The summed E-state index contributed by atoms with van der Waals surface area (Å²) in [5, 5.41) is 12.7. The molecule has 0 aliphatic heterocycles. The number of hydrogen-bond donors (Lipinski definition) is 0. The maximum Gasteiger partial charge on any atom is 0.321 e. The third kappa shape index (κ3) is 7.25. The van der Waals surface area contributed by atoms with E-state index in [-0.39, 0.29) is 5.97 Å². The number of aryl methyl sites for hydroxylation is 1. The monoisotopic (exact) mass is 384 g/mol. The van der Waals surface area contributed by atoms with Gasteiger partial charge in [-0.1, -0.05) is 68.5 Å². The highest BCUT2D eigenvalue weighted by Gasteiger charge is 2.28. The normalized spacial score (nSPS) is 11.9. The van der Waals surface area contributed by atoms with Gasteiger partial charge in [0.1, 0.15) is 5.92 Å². The number of carbonyl (C=O) groups is 1. The fourth-order valence-electron chi connectivity index (χ4n) is 3.15. The van der Waals surface area contributed by atoms with E-state index in [1.165, 1.54) is 32.1 Å². The van der Waals surface area contributed by atoms with Crippen LogP contribution in [-0.4, -0.2) is 32.8 Å². The molecule has 6 nitrogen and oxygen atoms in total. The smallest absolute Gasteiger partial charge is 0.321 e. The van der Waals surface area contributed by atoms with Crippen molar-refractivity contribution in [2.75, 3.05) is 6.61 Å². The fraction of sp³-hybridized carbons (Fsp3) is 0.545. The van der Waals surface area contributed by atoms with Crippen molar-refractivity contribution in [2.45, 2.75) is 70.8 Å². The van der Waals surface area contributed by atoms with E-state index < -0.39 is 5.92 Å². The van der Waals surface area contributed by atoms with Crippen molar-refractivity contribution in [1.29, 1.82) is 0 Å². The van der Waals surface area contributed by atoms with E-state index in [9.17, 15) is 4.79 Å². The summed E-state index contributed by atoms with van der Waals surface area (Å²) < 4.78 is 5.22. The first kappa shape index (κ1) is 21.8. The first-order valence-corrected chi connectivity index (χ1v) is 10.4. The Morgan fingerprint density at radius 3 is 2.46 bits per heavy atom. The van der Waals surface area contributed by atoms with Gasteiger partial charge in [0.2, 0.25) is 0 Å². The molecule has 28 heavy (non-hydrogen) atoms. The third-order valence-electron chi connectivity index (χ3n) is 4.65. The van der Waals surface area contributed by atoms with Crippen molar-refractivity contribution in [3.63, 3.8) is 0 Å².